The number of hydrogen-bond donors (Lipinski definition) is 2. The van der Waals surface area contributed by atoms with Crippen molar-refractivity contribution in [1.29, 1.82) is 0 Å². The van der Waals surface area contributed by atoms with Crippen LogP contribution in [-0.2, 0) is 0 Å². The van der Waals surface area contributed by atoms with Gasteiger partial charge < -0.3 is 4.74 Å². The van der Waals surface area contributed by atoms with Crippen LogP contribution in [0.25, 0.3) is 0 Å². The van der Waals surface area contributed by atoms with Crippen LogP contribution in [0.5, 0.6) is 5.75 Å². The quantitative estimate of drug-likeness (QED) is 0.626. The Balaban J connectivity index is 2.23. The molecule has 2 rings (SSSR count). The number of rotatable bonds is 4. The molecule has 0 aliphatic heterocycles. The van der Waals surface area contributed by atoms with E-state index in [9.17, 15) is 4.39 Å². The van der Waals surface area contributed by atoms with Crippen LogP contribution in [-0.4, -0.2) is 7.11 Å². The van der Waals surface area contributed by atoms with Gasteiger partial charge in [0.2, 0.25) is 0 Å². The van der Waals surface area contributed by atoms with Crippen molar-refractivity contribution in [2.75, 3.05) is 7.11 Å². The van der Waals surface area contributed by atoms with Gasteiger partial charge in [-0.1, -0.05) is 18.9 Å². The molecular weight excluding hydrogens is 219 g/mol. The van der Waals surface area contributed by atoms with E-state index in [2.05, 4.69) is 5.43 Å². The van der Waals surface area contributed by atoms with E-state index in [0.29, 0.717) is 17.2 Å². The monoisotopic (exact) mass is 238 g/mol. The van der Waals surface area contributed by atoms with Crippen molar-refractivity contribution < 1.29 is 9.13 Å². The lowest BCUT2D eigenvalue weighted by molar-refractivity contribution is 0.359. The van der Waals surface area contributed by atoms with Gasteiger partial charge in [-0.25, -0.2) is 4.39 Å². The van der Waals surface area contributed by atoms with E-state index in [0.717, 1.165) is 12.8 Å². The zero-order valence-electron chi connectivity index (χ0n) is 10.1. The van der Waals surface area contributed by atoms with Crippen molar-refractivity contribution in [3.63, 3.8) is 0 Å². The second-order valence-corrected chi connectivity index (χ2v) is 4.58. The maximum Gasteiger partial charge on any atom is 0.131 e. The molecule has 3 nitrogen and oxygen atoms in total. The fourth-order valence-corrected chi connectivity index (χ4v) is 2.66. The van der Waals surface area contributed by atoms with Gasteiger partial charge in [0.05, 0.1) is 13.2 Å². The molecule has 1 aromatic rings. The van der Waals surface area contributed by atoms with E-state index >= 15 is 0 Å². The lowest BCUT2D eigenvalue weighted by Crippen LogP contribution is -2.33. The van der Waals surface area contributed by atoms with E-state index in [1.807, 2.05) is 0 Å². The van der Waals surface area contributed by atoms with Crippen LogP contribution in [0, 0.1) is 11.7 Å². The van der Waals surface area contributed by atoms with E-state index in [1.54, 1.807) is 12.1 Å². The minimum Gasteiger partial charge on any atom is -0.497 e. The average molecular weight is 238 g/mol. The van der Waals surface area contributed by atoms with Crippen LogP contribution in [0.15, 0.2) is 18.2 Å². The maximum atomic E-state index is 14.0. The molecule has 0 bridgehead atoms. The summed E-state index contributed by atoms with van der Waals surface area (Å²) in [7, 11) is 1.53. The number of nitrogens with two attached hydrogens (primary N) is 1. The van der Waals surface area contributed by atoms with Crippen molar-refractivity contribution in [2.45, 2.75) is 31.7 Å². The summed E-state index contributed by atoms with van der Waals surface area (Å²) in [6.07, 6.45) is 4.64. The highest BCUT2D eigenvalue weighted by molar-refractivity contribution is 5.31. The highest BCUT2D eigenvalue weighted by atomic mass is 19.1. The van der Waals surface area contributed by atoms with Crippen LogP contribution < -0.4 is 16.0 Å². The lowest BCUT2D eigenvalue weighted by atomic mass is 9.92. The molecule has 1 aliphatic carbocycles. The van der Waals surface area contributed by atoms with Gasteiger partial charge in [-0.3, -0.25) is 11.3 Å². The largest absolute Gasteiger partial charge is 0.497 e. The Morgan fingerprint density at radius 2 is 2.12 bits per heavy atom. The highest BCUT2D eigenvalue weighted by Crippen LogP contribution is 2.36. The van der Waals surface area contributed by atoms with Crippen LogP contribution in [0.1, 0.15) is 37.3 Å². The Bertz CT molecular complexity index is 378. The summed E-state index contributed by atoms with van der Waals surface area (Å²) in [5.74, 6) is 6.29. The molecule has 1 aliphatic rings. The average Bonchev–Trinajstić information content (AvgIpc) is 2.85. The van der Waals surface area contributed by atoms with Crippen LogP contribution in [0.4, 0.5) is 4.39 Å². The SMILES string of the molecule is COc1ccc(C(NN)C2CCCC2)c(F)c1. The Morgan fingerprint density at radius 1 is 1.41 bits per heavy atom. The van der Waals surface area contributed by atoms with Crippen LogP contribution >= 0.6 is 0 Å². The fourth-order valence-electron chi connectivity index (χ4n) is 2.66. The van der Waals surface area contributed by atoms with Gasteiger partial charge in [0, 0.05) is 11.6 Å². The Labute approximate surface area is 101 Å². The topological polar surface area (TPSA) is 47.3 Å². The minimum absolute atomic E-state index is 0.0941. The first-order valence-electron chi connectivity index (χ1n) is 6.06. The smallest absolute Gasteiger partial charge is 0.131 e. The van der Waals surface area contributed by atoms with Gasteiger partial charge in [-0.05, 0) is 24.8 Å². The standard InChI is InChI=1S/C13H19FN2O/c1-17-10-6-7-11(12(14)8-10)13(16-15)9-4-2-3-5-9/h6-9,13,16H,2-5,15H2,1H3. The molecule has 0 radical (unpaired) electrons. The highest BCUT2D eigenvalue weighted by Gasteiger charge is 2.27. The summed E-state index contributed by atoms with van der Waals surface area (Å²) in [6.45, 7) is 0. The number of ether oxygens (including phenoxy) is 1. The van der Waals surface area contributed by atoms with Gasteiger partial charge in [0.1, 0.15) is 11.6 Å². The van der Waals surface area contributed by atoms with Gasteiger partial charge in [-0.2, -0.15) is 0 Å². The Hall–Kier alpha value is -1.13. The van der Waals surface area contributed by atoms with Gasteiger partial charge in [-0.15, -0.1) is 0 Å². The Kier molecular flexibility index (Phi) is 3.97. The molecule has 0 spiro atoms. The third kappa shape index (κ3) is 2.58. The third-order valence-electron chi connectivity index (χ3n) is 3.59. The third-order valence-corrected chi connectivity index (χ3v) is 3.59. The molecule has 1 aromatic carbocycles. The van der Waals surface area contributed by atoms with Crippen molar-refractivity contribution in [1.82, 2.24) is 5.43 Å². The summed E-state index contributed by atoms with van der Waals surface area (Å²) in [5, 5.41) is 0. The first-order chi connectivity index (χ1) is 8.26. The first-order valence-corrected chi connectivity index (χ1v) is 6.06. The van der Waals surface area contributed by atoms with Crippen molar-refractivity contribution in [2.24, 2.45) is 11.8 Å². The zero-order chi connectivity index (χ0) is 12.3. The van der Waals surface area contributed by atoms with Gasteiger partial charge >= 0.3 is 0 Å². The summed E-state index contributed by atoms with van der Waals surface area (Å²) in [6, 6.07) is 4.85. The second-order valence-electron chi connectivity index (χ2n) is 4.58. The number of methoxy groups -OCH3 is 1. The van der Waals surface area contributed by atoms with E-state index in [4.69, 9.17) is 10.6 Å². The Morgan fingerprint density at radius 3 is 2.65 bits per heavy atom. The van der Waals surface area contributed by atoms with E-state index < -0.39 is 0 Å². The molecule has 1 fully saturated rings. The zero-order valence-corrected chi connectivity index (χ0v) is 10.1. The molecule has 1 atom stereocenters. The number of hydrazine groups is 1. The molecule has 1 unspecified atom stereocenters. The molecule has 0 heterocycles. The lowest BCUT2D eigenvalue weighted by Gasteiger charge is -2.23. The molecule has 0 saturated heterocycles. The predicted molar refractivity (Wildman–Crippen MR) is 65.0 cm³/mol. The number of hydrogen-bond acceptors (Lipinski definition) is 3. The predicted octanol–water partition coefficient (Wildman–Crippen LogP) is 2.53. The van der Waals surface area contributed by atoms with Crippen molar-refractivity contribution in [3.05, 3.63) is 29.6 Å². The number of benzene rings is 1. The normalized spacial score (nSPS) is 18.3. The minimum atomic E-state index is -0.251. The van der Waals surface area contributed by atoms with Crippen molar-refractivity contribution in [3.8, 4) is 5.75 Å². The molecule has 0 amide bonds. The molecule has 3 N–H and O–H groups in total. The molecule has 17 heavy (non-hydrogen) atoms. The maximum absolute atomic E-state index is 14.0. The molecule has 4 heteroatoms. The summed E-state index contributed by atoms with van der Waals surface area (Å²) in [4.78, 5) is 0. The fraction of sp³-hybridized carbons (Fsp3) is 0.538. The molecular formula is C13H19FN2O. The van der Waals surface area contributed by atoms with Crippen molar-refractivity contribution >= 4 is 0 Å². The van der Waals surface area contributed by atoms with Gasteiger partial charge in [0.15, 0.2) is 0 Å². The molecule has 94 valence electrons. The summed E-state index contributed by atoms with van der Waals surface area (Å²) >= 11 is 0. The summed E-state index contributed by atoms with van der Waals surface area (Å²) < 4.78 is 18.9. The number of nitrogens with one attached hydrogen (secondary N) is 1. The molecule has 0 aromatic heterocycles. The number of halogens is 1. The molecule has 1 saturated carbocycles. The second kappa shape index (κ2) is 5.47. The van der Waals surface area contributed by atoms with E-state index in [-0.39, 0.29) is 11.9 Å². The van der Waals surface area contributed by atoms with Crippen LogP contribution in [0.3, 0.4) is 0 Å². The van der Waals surface area contributed by atoms with Gasteiger partial charge in [0.25, 0.3) is 0 Å². The van der Waals surface area contributed by atoms with Crippen LogP contribution in [0.2, 0.25) is 0 Å². The van der Waals surface area contributed by atoms with E-state index in [1.165, 1.54) is 26.0 Å². The first kappa shape index (κ1) is 12.3. The summed E-state index contributed by atoms with van der Waals surface area (Å²) in [5.41, 5.74) is 3.40.